The molecule has 0 fully saturated rings. The number of ether oxygens (including phenoxy) is 1. The van der Waals surface area contributed by atoms with Crippen molar-refractivity contribution in [1.29, 1.82) is 0 Å². The first kappa shape index (κ1) is 20.3. The molecule has 3 rings (SSSR count). The molecule has 0 aliphatic rings. The Morgan fingerprint density at radius 3 is 2.21 bits per heavy atom. The van der Waals surface area contributed by atoms with Crippen LogP contribution in [0.4, 0.5) is 5.69 Å². The number of benzene rings is 1. The van der Waals surface area contributed by atoms with E-state index >= 15 is 0 Å². The van der Waals surface area contributed by atoms with Gasteiger partial charge in [-0.25, -0.2) is 4.79 Å². The van der Waals surface area contributed by atoms with Crippen LogP contribution in [0.15, 0.2) is 53.2 Å². The Morgan fingerprint density at radius 1 is 1.04 bits per heavy atom. The number of hydrogen-bond donors (Lipinski definition) is 1. The van der Waals surface area contributed by atoms with Gasteiger partial charge in [-0.3, -0.25) is 9.69 Å². The molecule has 28 heavy (non-hydrogen) atoms. The second kappa shape index (κ2) is 9.64. The molecule has 2 heterocycles. The number of rotatable bonds is 8. The molecule has 0 bridgehead atoms. The lowest BCUT2D eigenvalue weighted by atomic mass is 10.1. The summed E-state index contributed by atoms with van der Waals surface area (Å²) in [5, 5.41) is 7.02. The lowest BCUT2D eigenvalue weighted by Crippen LogP contribution is -2.32. The van der Waals surface area contributed by atoms with Gasteiger partial charge in [0.1, 0.15) is 0 Å². The Hall–Kier alpha value is -2.48. The van der Waals surface area contributed by atoms with Crippen LogP contribution in [0.2, 0.25) is 0 Å². The summed E-state index contributed by atoms with van der Waals surface area (Å²) in [6, 6.07) is 13.3. The number of amides is 1. The summed E-state index contributed by atoms with van der Waals surface area (Å²) < 4.78 is 4.76. The number of esters is 1. The summed E-state index contributed by atoms with van der Waals surface area (Å²) in [6.45, 7) is 3.58. The fourth-order valence-corrected chi connectivity index (χ4v) is 4.30. The minimum Gasteiger partial charge on any atom is -0.465 e. The van der Waals surface area contributed by atoms with Crippen LogP contribution >= 0.6 is 22.7 Å². The number of anilines is 1. The van der Waals surface area contributed by atoms with E-state index in [0.717, 1.165) is 5.56 Å². The van der Waals surface area contributed by atoms with Crippen molar-refractivity contribution in [3.8, 4) is 0 Å². The van der Waals surface area contributed by atoms with E-state index in [-0.39, 0.29) is 12.5 Å². The Bertz CT molecular complexity index is 885. The van der Waals surface area contributed by atoms with Crippen LogP contribution in [0, 0.1) is 6.92 Å². The van der Waals surface area contributed by atoms with E-state index in [2.05, 4.69) is 22.3 Å². The van der Waals surface area contributed by atoms with Gasteiger partial charge in [-0.15, -0.1) is 22.7 Å². The number of thiophene rings is 2. The summed E-state index contributed by atoms with van der Waals surface area (Å²) in [5.74, 6) is -0.536. The van der Waals surface area contributed by atoms with Crippen molar-refractivity contribution in [1.82, 2.24) is 4.90 Å². The van der Waals surface area contributed by atoms with Crippen molar-refractivity contribution in [3.05, 3.63) is 74.1 Å². The van der Waals surface area contributed by atoms with Gasteiger partial charge < -0.3 is 10.1 Å². The van der Waals surface area contributed by atoms with Crippen molar-refractivity contribution in [2.24, 2.45) is 0 Å². The van der Waals surface area contributed by atoms with Gasteiger partial charge in [0.2, 0.25) is 5.91 Å². The monoisotopic (exact) mass is 414 g/mol. The second-order valence-electron chi connectivity index (χ2n) is 6.37. The van der Waals surface area contributed by atoms with Crippen LogP contribution in [0.5, 0.6) is 0 Å². The number of methoxy groups -OCH3 is 1. The van der Waals surface area contributed by atoms with Crippen LogP contribution in [-0.4, -0.2) is 30.4 Å². The van der Waals surface area contributed by atoms with Crippen LogP contribution < -0.4 is 5.32 Å². The van der Waals surface area contributed by atoms with E-state index in [1.165, 1.54) is 16.9 Å². The molecule has 1 amide bonds. The highest BCUT2D eigenvalue weighted by molar-refractivity contribution is 7.10. The summed E-state index contributed by atoms with van der Waals surface area (Å²) in [5.41, 5.74) is 1.93. The minimum atomic E-state index is -0.424. The molecule has 1 aromatic carbocycles. The van der Waals surface area contributed by atoms with Gasteiger partial charge in [0.15, 0.2) is 0 Å². The molecule has 0 aliphatic carbocycles. The molecule has 0 aliphatic heterocycles. The number of carbonyl (C=O) groups excluding carboxylic acids is 2. The fourth-order valence-electron chi connectivity index (χ4n) is 2.81. The zero-order valence-electron chi connectivity index (χ0n) is 15.8. The second-order valence-corrected chi connectivity index (χ2v) is 8.44. The van der Waals surface area contributed by atoms with Crippen LogP contribution in [-0.2, 0) is 22.6 Å². The molecule has 3 aromatic rings. The summed E-state index contributed by atoms with van der Waals surface area (Å²) in [6.07, 6.45) is 0. The number of nitrogens with one attached hydrogen (secondary N) is 1. The third kappa shape index (κ3) is 5.51. The molecule has 0 atom stereocenters. The number of nitrogens with zero attached hydrogens (tertiary/aromatic N) is 1. The molecular formula is C21H22N2O3S2. The van der Waals surface area contributed by atoms with Gasteiger partial charge >= 0.3 is 5.97 Å². The van der Waals surface area contributed by atoms with Gasteiger partial charge in [-0.05, 0) is 47.5 Å². The highest BCUT2D eigenvalue weighted by atomic mass is 32.1. The average molecular weight is 415 g/mol. The van der Waals surface area contributed by atoms with Crippen molar-refractivity contribution in [3.63, 3.8) is 0 Å². The largest absolute Gasteiger partial charge is 0.465 e. The standard InChI is InChI=1S/C21H22N2O3S2/c1-15-7-8-16(21(25)26-2)11-19(15)22-20(24)14-23(12-17-5-3-9-27-17)13-18-6-4-10-28-18/h3-11H,12-14H2,1-2H3,(H,22,24). The topological polar surface area (TPSA) is 58.6 Å². The highest BCUT2D eigenvalue weighted by Gasteiger charge is 2.15. The Labute approximate surface area is 172 Å². The molecule has 7 heteroatoms. The van der Waals surface area contributed by atoms with E-state index in [1.807, 2.05) is 29.8 Å². The smallest absolute Gasteiger partial charge is 0.337 e. The zero-order chi connectivity index (χ0) is 19.9. The van der Waals surface area contributed by atoms with Crippen LogP contribution in [0.25, 0.3) is 0 Å². The highest BCUT2D eigenvalue weighted by Crippen LogP contribution is 2.19. The van der Waals surface area contributed by atoms with Crippen molar-refractivity contribution in [2.45, 2.75) is 20.0 Å². The average Bonchev–Trinajstić information content (AvgIpc) is 3.37. The van der Waals surface area contributed by atoms with Crippen LogP contribution in [0.3, 0.4) is 0 Å². The lowest BCUT2D eigenvalue weighted by molar-refractivity contribution is -0.117. The summed E-state index contributed by atoms with van der Waals surface area (Å²) in [7, 11) is 1.34. The molecule has 5 nitrogen and oxygen atoms in total. The third-order valence-electron chi connectivity index (χ3n) is 4.22. The van der Waals surface area contributed by atoms with E-state index < -0.39 is 5.97 Å². The molecule has 0 unspecified atom stereocenters. The predicted octanol–water partition coefficient (Wildman–Crippen LogP) is 4.55. The molecule has 1 N–H and O–H groups in total. The van der Waals surface area contributed by atoms with Crippen molar-refractivity contribution in [2.75, 3.05) is 19.0 Å². The van der Waals surface area contributed by atoms with Crippen molar-refractivity contribution < 1.29 is 14.3 Å². The number of aryl methyl sites for hydroxylation is 1. The van der Waals surface area contributed by atoms with E-state index in [0.29, 0.717) is 24.3 Å². The number of hydrogen-bond acceptors (Lipinski definition) is 6. The van der Waals surface area contributed by atoms with E-state index in [4.69, 9.17) is 4.74 Å². The summed E-state index contributed by atoms with van der Waals surface area (Å²) in [4.78, 5) is 29.0. The number of carbonyl (C=O) groups is 2. The van der Waals surface area contributed by atoms with E-state index in [1.54, 1.807) is 40.9 Å². The third-order valence-corrected chi connectivity index (χ3v) is 5.94. The molecular weight excluding hydrogens is 392 g/mol. The first-order chi connectivity index (χ1) is 13.5. The first-order valence-electron chi connectivity index (χ1n) is 8.81. The molecule has 0 saturated heterocycles. The molecule has 2 aromatic heterocycles. The SMILES string of the molecule is COC(=O)c1ccc(C)c(NC(=O)CN(Cc2cccs2)Cc2cccs2)c1. The predicted molar refractivity (Wildman–Crippen MR) is 114 cm³/mol. The molecule has 0 spiro atoms. The van der Waals surface area contributed by atoms with Gasteiger partial charge in [0.25, 0.3) is 0 Å². The lowest BCUT2D eigenvalue weighted by Gasteiger charge is -2.21. The first-order valence-corrected chi connectivity index (χ1v) is 10.6. The normalized spacial score (nSPS) is 10.8. The maximum atomic E-state index is 12.7. The Kier molecular flexibility index (Phi) is 6.97. The van der Waals surface area contributed by atoms with E-state index in [9.17, 15) is 9.59 Å². The maximum Gasteiger partial charge on any atom is 0.337 e. The maximum absolute atomic E-state index is 12.7. The quantitative estimate of drug-likeness (QED) is 0.550. The minimum absolute atomic E-state index is 0.113. The fraction of sp³-hybridized carbons (Fsp3) is 0.238. The van der Waals surface area contributed by atoms with Gasteiger partial charge in [-0.1, -0.05) is 18.2 Å². The Balaban J connectivity index is 1.70. The zero-order valence-corrected chi connectivity index (χ0v) is 17.4. The summed E-state index contributed by atoms with van der Waals surface area (Å²) >= 11 is 3.37. The van der Waals surface area contributed by atoms with Crippen LogP contribution in [0.1, 0.15) is 25.7 Å². The van der Waals surface area contributed by atoms with Gasteiger partial charge in [0, 0.05) is 28.5 Å². The van der Waals surface area contributed by atoms with Gasteiger partial charge in [-0.2, -0.15) is 0 Å². The van der Waals surface area contributed by atoms with Gasteiger partial charge in [0.05, 0.1) is 19.2 Å². The molecule has 146 valence electrons. The Morgan fingerprint density at radius 2 is 1.68 bits per heavy atom. The molecule has 0 saturated carbocycles. The van der Waals surface area contributed by atoms with Crippen molar-refractivity contribution >= 4 is 40.2 Å². The molecule has 0 radical (unpaired) electrons.